The molecule has 3 rings (SSSR count). The van der Waals surface area contributed by atoms with Gasteiger partial charge in [-0.2, -0.15) is 17.5 Å². The van der Waals surface area contributed by atoms with Gasteiger partial charge in [0.25, 0.3) is 0 Å². The predicted molar refractivity (Wildman–Crippen MR) is 93.0 cm³/mol. The number of sulfonamides is 1. The molecule has 9 heteroatoms. The van der Waals surface area contributed by atoms with Gasteiger partial charge < -0.3 is 4.42 Å². The molecule has 0 radical (unpaired) electrons. The number of benzene rings is 2. The van der Waals surface area contributed by atoms with Crippen molar-refractivity contribution in [2.24, 2.45) is 0 Å². The second-order valence-electron chi connectivity index (χ2n) is 5.97. The smallest absolute Gasteiger partial charge is 0.416 e. The van der Waals surface area contributed by atoms with Gasteiger partial charge in [0.05, 0.1) is 23.3 Å². The van der Waals surface area contributed by atoms with E-state index in [4.69, 9.17) is 4.42 Å². The summed E-state index contributed by atoms with van der Waals surface area (Å²) in [4.78, 5) is -0.537. The van der Waals surface area contributed by atoms with Crippen molar-refractivity contribution in [3.63, 3.8) is 0 Å². The highest BCUT2D eigenvalue weighted by atomic mass is 32.2. The fourth-order valence-electron chi connectivity index (χ4n) is 2.60. The summed E-state index contributed by atoms with van der Waals surface area (Å²) in [6, 6.07) is 12.1. The summed E-state index contributed by atoms with van der Waals surface area (Å²) >= 11 is 0. The number of nitrogens with zero attached hydrogens (tertiary/aromatic N) is 1. The fourth-order valence-corrected chi connectivity index (χ4v) is 4.03. The van der Waals surface area contributed by atoms with Crippen LogP contribution in [-0.2, 0) is 29.3 Å². The van der Waals surface area contributed by atoms with E-state index >= 15 is 0 Å². The highest BCUT2D eigenvalue weighted by Gasteiger charge is 2.33. The van der Waals surface area contributed by atoms with Crippen LogP contribution in [0.5, 0.6) is 0 Å². The van der Waals surface area contributed by atoms with Gasteiger partial charge in [-0.15, -0.1) is 0 Å². The largest absolute Gasteiger partial charge is 0.468 e. The van der Waals surface area contributed by atoms with Crippen LogP contribution in [0.3, 0.4) is 0 Å². The Morgan fingerprint density at radius 1 is 0.929 bits per heavy atom. The summed E-state index contributed by atoms with van der Waals surface area (Å²) in [6.07, 6.45) is -3.35. The maximum Gasteiger partial charge on any atom is 0.416 e. The third-order valence-electron chi connectivity index (χ3n) is 4.02. The van der Waals surface area contributed by atoms with Crippen LogP contribution in [0.1, 0.15) is 16.9 Å². The van der Waals surface area contributed by atoms with Crippen molar-refractivity contribution in [2.45, 2.75) is 24.2 Å². The third-order valence-corrected chi connectivity index (χ3v) is 5.80. The van der Waals surface area contributed by atoms with E-state index in [1.807, 2.05) is 0 Å². The Morgan fingerprint density at radius 2 is 1.68 bits per heavy atom. The van der Waals surface area contributed by atoms with Crippen molar-refractivity contribution in [3.05, 3.63) is 89.6 Å². The van der Waals surface area contributed by atoms with Gasteiger partial charge in [-0.05, 0) is 36.4 Å². The molecule has 0 spiro atoms. The van der Waals surface area contributed by atoms with Crippen molar-refractivity contribution in [2.75, 3.05) is 0 Å². The van der Waals surface area contributed by atoms with Gasteiger partial charge in [-0.25, -0.2) is 12.8 Å². The molecule has 0 unspecified atom stereocenters. The van der Waals surface area contributed by atoms with E-state index in [-0.39, 0.29) is 24.4 Å². The Bertz CT molecular complexity index is 1050. The van der Waals surface area contributed by atoms with Crippen LogP contribution in [0, 0.1) is 5.82 Å². The lowest BCUT2D eigenvalue weighted by atomic mass is 10.2. The van der Waals surface area contributed by atoms with Crippen LogP contribution in [0.15, 0.2) is 76.2 Å². The molecule has 0 aliphatic heterocycles. The molecule has 4 nitrogen and oxygen atoms in total. The molecule has 0 amide bonds. The van der Waals surface area contributed by atoms with Crippen LogP contribution in [0.2, 0.25) is 0 Å². The Kier molecular flexibility index (Phi) is 5.57. The third kappa shape index (κ3) is 4.42. The van der Waals surface area contributed by atoms with Crippen LogP contribution < -0.4 is 0 Å². The van der Waals surface area contributed by atoms with Crippen LogP contribution in [0.4, 0.5) is 17.6 Å². The molecule has 0 bridgehead atoms. The molecule has 0 atom stereocenters. The minimum absolute atomic E-state index is 0.0876. The molecule has 0 N–H and O–H groups in total. The van der Waals surface area contributed by atoms with E-state index < -0.39 is 32.5 Å². The van der Waals surface area contributed by atoms with E-state index in [1.54, 1.807) is 12.1 Å². The Morgan fingerprint density at radius 3 is 2.32 bits per heavy atom. The van der Waals surface area contributed by atoms with Crippen molar-refractivity contribution < 1.29 is 30.4 Å². The van der Waals surface area contributed by atoms with Gasteiger partial charge in [-0.1, -0.05) is 24.3 Å². The van der Waals surface area contributed by atoms with Crippen molar-refractivity contribution >= 4 is 10.0 Å². The number of hydrogen-bond acceptors (Lipinski definition) is 3. The monoisotopic (exact) mass is 413 g/mol. The summed E-state index contributed by atoms with van der Waals surface area (Å²) in [5.41, 5.74) is -0.998. The van der Waals surface area contributed by atoms with Gasteiger partial charge >= 0.3 is 6.18 Å². The summed E-state index contributed by atoms with van der Waals surface area (Å²) in [5.74, 6) is -0.349. The number of halogens is 4. The molecule has 1 aromatic heterocycles. The molecule has 0 aliphatic carbocycles. The number of rotatable bonds is 6. The highest BCUT2D eigenvalue weighted by Crippen LogP contribution is 2.31. The lowest BCUT2D eigenvalue weighted by Gasteiger charge is -2.22. The lowest BCUT2D eigenvalue weighted by Crippen LogP contribution is -2.30. The maximum atomic E-state index is 14.0. The minimum atomic E-state index is -4.69. The van der Waals surface area contributed by atoms with Crippen LogP contribution >= 0.6 is 0 Å². The number of furan rings is 1. The molecule has 0 fully saturated rings. The van der Waals surface area contributed by atoms with Gasteiger partial charge in [0.15, 0.2) is 0 Å². The zero-order valence-electron chi connectivity index (χ0n) is 14.4. The molecular weight excluding hydrogens is 398 g/mol. The summed E-state index contributed by atoms with van der Waals surface area (Å²) in [7, 11) is -4.37. The molecule has 148 valence electrons. The molecule has 28 heavy (non-hydrogen) atoms. The first-order chi connectivity index (χ1) is 13.2. The first-order valence-electron chi connectivity index (χ1n) is 8.11. The van der Waals surface area contributed by atoms with Crippen LogP contribution in [0.25, 0.3) is 0 Å². The first kappa shape index (κ1) is 20.1. The molecule has 0 aliphatic rings. The topological polar surface area (TPSA) is 50.5 Å². The predicted octanol–water partition coefficient (Wildman–Crippen LogP) is 4.83. The van der Waals surface area contributed by atoms with E-state index in [2.05, 4.69) is 0 Å². The summed E-state index contributed by atoms with van der Waals surface area (Å²) < 4.78 is 85.1. The zero-order valence-corrected chi connectivity index (χ0v) is 15.2. The lowest BCUT2D eigenvalue weighted by molar-refractivity contribution is -0.137. The number of alkyl halides is 3. The highest BCUT2D eigenvalue weighted by molar-refractivity contribution is 7.89. The maximum absolute atomic E-state index is 14.0. The number of hydrogen-bond donors (Lipinski definition) is 0. The van der Waals surface area contributed by atoms with E-state index in [0.29, 0.717) is 6.07 Å². The van der Waals surface area contributed by atoms with Gasteiger partial charge in [0.2, 0.25) is 10.0 Å². The van der Waals surface area contributed by atoms with Crippen LogP contribution in [-0.4, -0.2) is 12.7 Å². The van der Waals surface area contributed by atoms with E-state index in [1.165, 1.54) is 30.5 Å². The fraction of sp³-hybridized carbons (Fsp3) is 0.158. The Hall–Kier alpha value is -2.65. The quantitative estimate of drug-likeness (QED) is 0.544. The zero-order chi connectivity index (χ0) is 20.4. The molecule has 2 aromatic carbocycles. The van der Waals surface area contributed by atoms with E-state index in [0.717, 1.165) is 22.5 Å². The molecule has 0 saturated heterocycles. The van der Waals surface area contributed by atoms with Crippen molar-refractivity contribution in [3.8, 4) is 0 Å². The Balaban J connectivity index is 2.02. The molecule has 0 saturated carbocycles. The molecule has 1 heterocycles. The normalized spacial score (nSPS) is 12.5. The molecular formula is C19H15F4NO3S. The Labute approximate surface area is 159 Å². The summed E-state index contributed by atoms with van der Waals surface area (Å²) in [6.45, 7) is -0.633. The standard InChI is InChI=1S/C19H15F4NO3S/c20-18-9-2-1-5-14(18)12-24(13-16-7-4-10-27-16)28(25,26)17-8-3-6-15(11-17)19(21,22)23/h1-11H,12-13H2. The van der Waals surface area contributed by atoms with Gasteiger partial charge in [0.1, 0.15) is 11.6 Å². The first-order valence-corrected chi connectivity index (χ1v) is 9.55. The van der Waals surface area contributed by atoms with Gasteiger partial charge in [0, 0.05) is 12.1 Å². The SMILES string of the molecule is O=S(=O)(c1cccc(C(F)(F)F)c1)N(Cc1ccco1)Cc1ccccc1F. The second kappa shape index (κ2) is 7.76. The molecule has 3 aromatic rings. The second-order valence-corrected chi connectivity index (χ2v) is 7.91. The summed E-state index contributed by atoms with van der Waals surface area (Å²) in [5, 5.41) is 0. The van der Waals surface area contributed by atoms with E-state index in [9.17, 15) is 26.0 Å². The average molecular weight is 413 g/mol. The van der Waals surface area contributed by atoms with Crippen molar-refractivity contribution in [1.29, 1.82) is 0 Å². The average Bonchev–Trinajstić information content (AvgIpc) is 3.15. The van der Waals surface area contributed by atoms with Crippen molar-refractivity contribution in [1.82, 2.24) is 4.31 Å². The minimum Gasteiger partial charge on any atom is -0.468 e. The van der Waals surface area contributed by atoms with Gasteiger partial charge in [-0.3, -0.25) is 0 Å².